The van der Waals surface area contributed by atoms with Gasteiger partial charge in [0.05, 0.1) is 5.69 Å². The van der Waals surface area contributed by atoms with E-state index in [0.717, 1.165) is 17.7 Å². The maximum atomic E-state index is 4.75. The lowest BCUT2D eigenvalue weighted by Gasteiger charge is -2.28. The molecule has 1 atom stereocenters. The maximum absolute atomic E-state index is 4.75. The van der Waals surface area contributed by atoms with Gasteiger partial charge in [-0.05, 0) is 81.1 Å². The van der Waals surface area contributed by atoms with Crippen LogP contribution in [0, 0.1) is 6.07 Å². The Morgan fingerprint density at radius 1 is 0.706 bits per heavy atom. The van der Waals surface area contributed by atoms with Gasteiger partial charge in [-0.3, -0.25) is 4.98 Å². The molecule has 1 aromatic heterocycles. The standard InChI is InChI=1S/C33H24N/c1-3-11-26-22(7-1)15-16-32-29-14-6-13-27(31(29)18-17-30(26)32)24-9-5-10-25(21-24)33-28-12-4-2-8-23(28)19-20-34-33/h1-5,7-9,11-12,15-21,27H,6,13-14H2. The first-order chi connectivity index (χ1) is 16.9. The molecule has 1 heteroatoms. The van der Waals surface area contributed by atoms with Gasteiger partial charge in [0.25, 0.3) is 0 Å². The summed E-state index contributed by atoms with van der Waals surface area (Å²) < 4.78 is 0. The Labute approximate surface area is 199 Å². The highest BCUT2D eigenvalue weighted by molar-refractivity contribution is 6.08. The Kier molecular flexibility index (Phi) is 4.48. The Morgan fingerprint density at radius 3 is 2.41 bits per heavy atom. The van der Waals surface area contributed by atoms with Crippen molar-refractivity contribution in [3.8, 4) is 11.3 Å². The summed E-state index contributed by atoms with van der Waals surface area (Å²) in [5.41, 5.74) is 6.47. The molecule has 0 saturated carbocycles. The van der Waals surface area contributed by atoms with Gasteiger partial charge in [0.2, 0.25) is 0 Å². The van der Waals surface area contributed by atoms with Crippen LogP contribution in [0.4, 0.5) is 0 Å². The molecule has 6 aromatic rings. The van der Waals surface area contributed by atoms with Crippen molar-refractivity contribution in [2.45, 2.75) is 25.2 Å². The average Bonchev–Trinajstić information content (AvgIpc) is 2.92. The molecule has 1 radical (unpaired) electrons. The molecule has 161 valence electrons. The summed E-state index contributed by atoms with van der Waals surface area (Å²) >= 11 is 0. The van der Waals surface area contributed by atoms with Crippen LogP contribution >= 0.6 is 0 Å². The highest BCUT2D eigenvalue weighted by Crippen LogP contribution is 2.42. The van der Waals surface area contributed by atoms with E-state index in [1.807, 2.05) is 6.20 Å². The van der Waals surface area contributed by atoms with E-state index in [2.05, 4.69) is 103 Å². The second-order valence-corrected chi connectivity index (χ2v) is 9.38. The molecule has 1 nitrogen and oxygen atoms in total. The number of rotatable bonds is 2. The molecule has 5 aromatic carbocycles. The fourth-order valence-corrected chi connectivity index (χ4v) is 5.93. The van der Waals surface area contributed by atoms with E-state index in [1.165, 1.54) is 61.8 Å². The quantitative estimate of drug-likeness (QED) is 0.249. The van der Waals surface area contributed by atoms with Crippen LogP contribution in [0.3, 0.4) is 0 Å². The molecule has 0 aliphatic heterocycles. The van der Waals surface area contributed by atoms with E-state index in [-0.39, 0.29) is 0 Å². The molecule has 0 saturated heterocycles. The molecule has 0 amide bonds. The molecule has 1 aliphatic rings. The van der Waals surface area contributed by atoms with Crippen molar-refractivity contribution in [1.82, 2.24) is 4.98 Å². The lowest BCUT2D eigenvalue weighted by Crippen LogP contribution is -2.11. The molecule has 34 heavy (non-hydrogen) atoms. The number of benzene rings is 5. The van der Waals surface area contributed by atoms with E-state index < -0.39 is 0 Å². The van der Waals surface area contributed by atoms with Crippen molar-refractivity contribution >= 4 is 32.3 Å². The molecule has 0 fully saturated rings. The van der Waals surface area contributed by atoms with Gasteiger partial charge in [0, 0.05) is 23.1 Å². The minimum atomic E-state index is 0.406. The predicted octanol–water partition coefficient (Wildman–Crippen LogP) is 8.48. The van der Waals surface area contributed by atoms with E-state index in [9.17, 15) is 0 Å². The first-order valence-electron chi connectivity index (χ1n) is 12.2. The van der Waals surface area contributed by atoms with E-state index in [4.69, 9.17) is 4.98 Å². The number of nitrogens with zero attached hydrogens (tertiary/aromatic N) is 1. The summed E-state index contributed by atoms with van der Waals surface area (Å²) in [6.45, 7) is 0. The Hall–Kier alpha value is -3.97. The van der Waals surface area contributed by atoms with Gasteiger partial charge >= 0.3 is 0 Å². The van der Waals surface area contributed by atoms with Gasteiger partial charge in [-0.25, -0.2) is 0 Å². The van der Waals surface area contributed by atoms with Crippen molar-refractivity contribution < 1.29 is 0 Å². The molecule has 7 rings (SSSR count). The molecule has 1 heterocycles. The van der Waals surface area contributed by atoms with E-state index >= 15 is 0 Å². The van der Waals surface area contributed by atoms with Crippen molar-refractivity contribution in [2.24, 2.45) is 0 Å². The Morgan fingerprint density at radius 2 is 1.50 bits per heavy atom. The molecule has 1 unspecified atom stereocenters. The maximum Gasteiger partial charge on any atom is 0.0786 e. The molecule has 0 bridgehead atoms. The zero-order chi connectivity index (χ0) is 22.5. The zero-order valence-corrected chi connectivity index (χ0v) is 19.0. The average molecular weight is 435 g/mol. The van der Waals surface area contributed by atoms with Crippen molar-refractivity contribution in [3.05, 3.63) is 126 Å². The number of hydrogen-bond donors (Lipinski definition) is 0. The van der Waals surface area contributed by atoms with Gasteiger partial charge in [0.15, 0.2) is 0 Å². The minimum Gasteiger partial charge on any atom is -0.256 e. The number of pyridine rings is 1. The Balaban J connectivity index is 1.37. The fourth-order valence-electron chi connectivity index (χ4n) is 5.93. The minimum absolute atomic E-state index is 0.406. The summed E-state index contributed by atoms with van der Waals surface area (Å²) in [6, 6.07) is 38.7. The molecular formula is C33H24N. The smallest absolute Gasteiger partial charge is 0.0786 e. The van der Waals surface area contributed by atoms with Gasteiger partial charge < -0.3 is 0 Å². The summed E-state index contributed by atoms with van der Waals surface area (Å²) in [5, 5.41) is 7.85. The monoisotopic (exact) mass is 434 g/mol. The largest absolute Gasteiger partial charge is 0.256 e. The number of fused-ring (bicyclic) bond motifs is 6. The van der Waals surface area contributed by atoms with Crippen LogP contribution in [0.25, 0.3) is 43.6 Å². The van der Waals surface area contributed by atoms with Crippen LogP contribution in [0.15, 0.2) is 103 Å². The zero-order valence-electron chi connectivity index (χ0n) is 19.0. The summed E-state index contributed by atoms with van der Waals surface area (Å²) in [7, 11) is 0. The number of aromatic nitrogens is 1. The van der Waals surface area contributed by atoms with Crippen LogP contribution in [0.2, 0.25) is 0 Å². The summed E-state index contributed by atoms with van der Waals surface area (Å²) in [5.74, 6) is 0.406. The van der Waals surface area contributed by atoms with Gasteiger partial charge in [-0.1, -0.05) is 84.9 Å². The van der Waals surface area contributed by atoms with E-state index in [1.54, 1.807) is 0 Å². The highest BCUT2D eigenvalue weighted by Gasteiger charge is 2.24. The van der Waals surface area contributed by atoms with Crippen molar-refractivity contribution in [2.75, 3.05) is 0 Å². The molecule has 0 spiro atoms. The van der Waals surface area contributed by atoms with Gasteiger partial charge in [-0.15, -0.1) is 0 Å². The Bertz CT molecular complexity index is 1690. The third-order valence-corrected chi connectivity index (χ3v) is 7.53. The first kappa shape index (κ1) is 19.5. The van der Waals surface area contributed by atoms with Gasteiger partial charge in [0.1, 0.15) is 0 Å². The molecule has 1 aliphatic carbocycles. The van der Waals surface area contributed by atoms with Crippen LogP contribution in [-0.2, 0) is 6.42 Å². The second-order valence-electron chi connectivity index (χ2n) is 9.38. The molecule has 0 N–H and O–H groups in total. The first-order valence-corrected chi connectivity index (χ1v) is 12.2. The third kappa shape index (κ3) is 3.04. The summed E-state index contributed by atoms with van der Waals surface area (Å²) in [6.07, 6.45) is 5.45. The number of hydrogen-bond acceptors (Lipinski definition) is 1. The second kappa shape index (κ2) is 7.81. The van der Waals surface area contributed by atoms with Crippen LogP contribution in [-0.4, -0.2) is 4.98 Å². The normalized spacial score (nSPS) is 15.6. The van der Waals surface area contributed by atoms with Crippen molar-refractivity contribution in [1.29, 1.82) is 0 Å². The third-order valence-electron chi connectivity index (χ3n) is 7.53. The van der Waals surface area contributed by atoms with Gasteiger partial charge in [-0.2, -0.15) is 0 Å². The van der Waals surface area contributed by atoms with Crippen LogP contribution in [0.5, 0.6) is 0 Å². The molecular weight excluding hydrogens is 410 g/mol. The topological polar surface area (TPSA) is 12.9 Å². The SMILES string of the molecule is [c]1ccc(C2CCCc3c2ccc2c3ccc3ccccc32)cc1-c1nccc2ccccc12. The van der Waals surface area contributed by atoms with Crippen molar-refractivity contribution in [3.63, 3.8) is 0 Å². The fraction of sp³-hybridized carbons (Fsp3) is 0.121. The van der Waals surface area contributed by atoms with Crippen LogP contribution < -0.4 is 0 Å². The predicted molar refractivity (Wildman–Crippen MR) is 142 cm³/mol. The lowest BCUT2D eigenvalue weighted by molar-refractivity contribution is 0.619. The lowest BCUT2D eigenvalue weighted by atomic mass is 9.76. The number of aryl methyl sites for hydroxylation is 1. The highest BCUT2D eigenvalue weighted by atomic mass is 14.7. The van der Waals surface area contributed by atoms with Crippen LogP contribution in [0.1, 0.15) is 35.4 Å². The van der Waals surface area contributed by atoms with E-state index in [0.29, 0.717) is 5.92 Å². The summed E-state index contributed by atoms with van der Waals surface area (Å²) in [4.78, 5) is 4.75.